The van der Waals surface area contributed by atoms with Gasteiger partial charge in [-0.05, 0) is 31.9 Å². The van der Waals surface area contributed by atoms with Gasteiger partial charge in [0, 0.05) is 10.8 Å². The number of nitrogens with zero attached hydrogens (tertiary/aromatic N) is 3. The fourth-order valence-corrected chi connectivity index (χ4v) is 3.17. The highest BCUT2D eigenvalue weighted by atomic mass is 32.1. The van der Waals surface area contributed by atoms with E-state index < -0.39 is 12.1 Å². The second kappa shape index (κ2) is 6.17. The molecule has 6 nitrogen and oxygen atoms in total. The summed E-state index contributed by atoms with van der Waals surface area (Å²) in [6.07, 6.45) is -2.98. The summed E-state index contributed by atoms with van der Waals surface area (Å²) in [6, 6.07) is 2.94. The lowest BCUT2D eigenvalue weighted by molar-refractivity contribution is -0.189. The van der Waals surface area contributed by atoms with Gasteiger partial charge in [0.2, 0.25) is 11.7 Å². The first-order chi connectivity index (χ1) is 11.3. The fraction of sp³-hybridized carbons (Fsp3) is 0.500. The monoisotopic (exact) mass is 361 g/mol. The van der Waals surface area contributed by atoms with E-state index in [9.17, 15) is 18.0 Å². The molecular formula is C14H14F3N3O3S. The maximum atomic E-state index is 12.5. The zero-order valence-corrected chi connectivity index (χ0v) is 13.6. The van der Waals surface area contributed by atoms with Crippen molar-refractivity contribution in [3.8, 4) is 10.7 Å². The summed E-state index contributed by atoms with van der Waals surface area (Å²) in [5.41, 5.74) is 0. The standard InChI is InChI=1S/C14H14F3N3O3S/c1-7(20(22-2)12(21)8-3-4-8)9-5-6-10(24-9)11-18-13(23-19-11)14(15,16)17/h5-8H,3-4H2,1-2H3. The summed E-state index contributed by atoms with van der Waals surface area (Å²) in [6.45, 7) is 1.79. The van der Waals surface area contributed by atoms with E-state index in [0.29, 0.717) is 4.88 Å². The van der Waals surface area contributed by atoms with E-state index in [2.05, 4.69) is 14.7 Å². The number of hydroxylamine groups is 2. The topological polar surface area (TPSA) is 68.5 Å². The molecule has 10 heteroatoms. The van der Waals surface area contributed by atoms with Crippen LogP contribution in [0.2, 0.25) is 0 Å². The molecule has 0 bridgehead atoms. The van der Waals surface area contributed by atoms with E-state index in [4.69, 9.17) is 4.84 Å². The van der Waals surface area contributed by atoms with E-state index in [-0.39, 0.29) is 23.7 Å². The van der Waals surface area contributed by atoms with Crippen molar-refractivity contribution in [2.24, 2.45) is 5.92 Å². The van der Waals surface area contributed by atoms with Crippen molar-refractivity contribution in [3.05, 3.63) is 22.9 Å². The molecule has 0 saturated heterocycles. The lowest BCUT2D eigenvalue weighted by Crippen LogP contribution is -2.33. The van der Waals surface area contributed by atoms with Gasteiger partial charge in [0.15, 0.2) is 0 Å². The van der Waals surface area contributed by atoms with Gasteiger partial charge in [0.25, 0.3) is 0 Å². The van der Waals surface area contributed by atoms with Gasteiger partial charge in [-0.1, -0.05) is 5.16 Å². The number of rotatable bonds is 5. The maximum absolute atomic E-state index is 12.5. The number of halogens is 3. The molecule has 1 aliphatic carbocycles. The third-order valence-electron chi connectivity index (χ3n) is 3.62. The summed E-state index contributed by atoms with van der Waals surface area (Å²) in [7, 11) is 1.42. The van der Waals surface area contributed by atoms with Gasteiger partial charge < -0.3 is 4.52 Å². The van der Waals surface area contributed by atoms with Crippen molar-refractivity contribution >= 4 is 17.2 Å². The predicted molar refractivity (Wildman–Crippen MR) is 77.6 cm³/mol. The first kappa shape index (κ1) is 16.9. The first-order valence-corrected chi connectivity index (χ1v) is 8.01. The van der Waals surface area contributed by atoms with E-state index in [0.717, 1.165) is 17.7 Å². The molecule has 1 unspecified atom stereocenters. The smallest absolute Gasteiger partial charge is 0.329 e. The van der Waals surface area contributed by atoms with Crippen LogP contribution in [0.5, 0.6) is 0 Å². The van der Waals surface area contributed by atoms with Crippen molar-refractivity contribution in [2.45, 2.75) is 32.0 Å². The zero-order valence-electron chi connectivity index (χ0n) is 12.8. The van der Waals surface area contributed by atoms with E-state index >= 15 is 0 Å². The number of amides is 1. The molecule has 1 aliphatic rings. The van der Waals surface area contributed by atoms with Crippen LogP contribution in [0.4, 0.5) is 13.2 Å². The van der Waals surface area contributed by atoms with Crippen LogP contribution in [-0.2, 0) is 15.8 Å². The molecule has 0 spiro atoms. The number of hydrogen-bond donors (Lipinski definition) is 0. The van der Waals surface area contributed by atoms with Crippen LogP contribution in [0, 0.1) is 5.92 Å². The molecule has 130 valence electrons. The molecule has 3 rings (SSSR count). The fourth-order valence-electron chi connectivity index (χ4n) is 2.20. The van der Waals surface area contributed by atoms with Crippen LogP contribution in [0.25, 0.3) is 10.7 Å². The molecule has 1 atom stereocenters. The first-order valence-electron chi connectivity index (χ1n) is 7.19. The minimum atomic E-state index is -4.68. The van der Waals surface area contributed by atoms with Crippen LogP contribution in [0.3, 0.4) is 0 Å². The second-order valence-corrected chi connectivity index (χ2v) is 6.54. The molecular weight excluding hydrogens is 347 g/mol. The Labute approximate surface area is 139 Å². The Morgan fingerprint density at radius 3 is 2.71 bits per heavy atom. The quantitative estimate of drug-likeness (QED) is 0.760. The number of thiophene rings is 1. The van der Waals surface area contributed by atoms with Gasteiger partial charge in [-0.25, -0.2) is 5.06 Å². The molecule has 1 amide bonds. The maximum Gasteiger partial charge on any atom is 0.471 e. The molecule has 0 radical (unpaired) electrons. The van der Waals surface area contributed by atoms with E-state index in [1.54, 1.807) is 19.1 Å². The van der Waals surface area contributed by atoms with Crippen LogP contribution in [0.1, 0.15) is 36.6 Å². The van der Waals surface area contributed by atoms with Crippen LogP contribution in [-0.4, -0.2) is 28.2 Å². The van der Waals surface area contributed by atoms with Crippen LogP contribution in [0.15, 0.2) is 16.7 Å². The average molecular weight is 361 g/mol. The number of hydrogen-bond acceptors (Lipinski definition) is 6. The Hall–Kier alpha value is -1.94. The highest BCUT2D eigenvalue weighted by molar-refractivity contribution is 7.15. The third-order valence-corrected chi connectivity index (χ3v) is 4.87. The Morgan fingerprint density at radius 2 is 2.17 bits per heavy atom. The minimum absolute atomic E-state index is 0.00150. The van der Waals surface area contributed by atoms with Gasteiger partial charge in [-0.2, -0.15) is 18.2 Å². The van der Waals surface area contributed by atoms with E-state index in [1.807, 2.05) is 0 Å². The average Bonchev–Trinajstić information content (AvgIpc) is 3.04. The third kappa shape index (κ3) is 3.29. The van der Waals surface area contributed by atoms with Crippen molar-refractivity contribution in [3.63, 3.8) is 0 Å². The predicted octanol–water partition coefficient (Wildman–Crippen LogP) is 3.68. The summed E-state index contributed by atoms with van der Waals surface area (Å²) >= 11 is 1.19. The normalized spacial score (nSPS) is 16.2. The summed E-state index contributed by atoms with van der Waals surface area (Å²) in [5.74, 6) is -1.61. The number of carbonyl (C=O) groups is 1. The highest BCUT2D eigenvalue weighted by Crippen LogP contribution is 2.37. The van der Waals surface area contributed by atoms with Crippen LogP contribution >= 0.6 is 11.3 Å². The summed E-state index contributed by atoms with van der Waals surface area (Å²) < 4.78 is 41.8. The summed E-state index contributed by atoms with van der Waals surface area (Å²) in [5, 5.41) is 4.65. The van der Waals surface area contributed by atoms with Crippen molar-refractivity contribution in [2.75, 3.05) is 7.11 Å². The highest BCUT2D eigenvalue weighted by Gasteiger charge is 2.39. The zero-order chi connectivity index (χ0) is 17.5. The Balaban J connectivity index is 1.79. The molecule has 0 aromatic carbocycles. The lowest BCUT2D eigenvalue weighted by atomic mass is 10.2. The minimum Gasteiger partial charge on any atom is -0.329 e. The Bertz CT molecular complexity index is 739. The van der Waals surface area contributed by atoms with Crippen molar-refractivity contribution in [1.29, 1.82) is 0 Å². The number of alkyl halides is 3. The van der Waals surface area contributed by atoms with Crippen LogP contribution < -0.4 is 0 Å². The number of aromatic nitrogens is 2. The Kier molecular flexibility index (Phi) is 4.35. The number of carbonyl (C=O) groups excluding carboxylic acids is 1. The molecule has 0 N–H and O–H groups in total. The van der Waals surface area contributed by atoms with Crippen molar-refractivity contribution in [1.82, 2.24) is 15.2 Å². The SMILES string of the molecule is CON(C(=O)C1CC1)C(C)c1ccc(-c2noc(C(F)(F)F)n2)s1. The molecule has 2 aromatic heterocycles. The summed E-state index contributed by atoms with van der Waals surface area (Å²) in [4.78, 5) is 21.9. The largest absolute Gasteiger partial charge is 0.471 e. The lowest BCUT2D eigenvalue weighted by Gasteiger charge is -2.25. The van der Waals surface area contributed by atoms with Gasteiger partial charge in [0.05, 0.1) is 18.0 Å². The molecule has 2 heterocycles. The molecule has 1 fully saturated rings. The molecule has 1 saturated carbocycles. The molecule has 0 aliphatic heterocycles. The molecule has 2 aromatic rings. The molecule has 24 heavy (non-hydrogen) atoms. The van der Waals surface area contributed by atoms with Crippen molar-refractivity contribution < 1.29 is 27.3 Å². The van der Waals surface area contributed by atoms with Gasteiger partial charge in [0.1, 0.15) is 0 Å². The van der Waals surface area contributed by atoms with Gasteiger partial charge in [-0.3, -0.25) is 9.63 Å². The van der Waals surface area contributed by atoms with E-state index in [1.165, 1.54) is 23.5 Å². The second-order valence-electron chi connectivity index (χ2n) is 5.42. The Morgan fingerprint density at radius 1 is 1.46 bits per heavy atom. The van der Waals surface area contributed by atoms with Gasteiger partial charge in [-0.15, -0.1) is 11.3 Å². The van der Waals surface area contributed by atoms with Gasteiger partial charge >= 0.3 is 12.1 Å².